The highest BCUT2D eigenvalue weighted by Crippen LogP contribution is 2.39. The SMILES string of the molecule is CCC1NC2(CCCC2)C(=O)N1CC(C)(C)C(C)C. The Hall–Kier alpha value is -0.570. The van der Waals surface area contributed by atoms with Gasteiger partial charge in [-0.15, -0.1) is 0 Å². The molecule has 1 spiro atoms. The van der Waals surface area contributed by atoms with E-state index in [9.17, 15) is 4.79 Å². The van der Waals surface area contributed by atoms with Crippen LogP contribution in [0.3, 0.4) is 0 Å². The van der Waals surface area contributed by atoms with Crippen LogP contribution in [0.1, 0.15) is 66.7 Å². The van der Waals surface area contributed by atoms with E-state index < -0.39 is 0 Å². The van der Waals surface area contributed by atoms with E-state index in [1.165, 1.54) is 12.8 Å². The van der Waals surface area contributed by atoms with Gasteiger partial charge >= 0.3 is 0 Å². The van der Waals surface area contributed by atoms with E-state index in [1.807, 2.05) is 0 Å². The number of rotatable bonds is 4. The van der Waals surface area contributed by atoms with Gasteiger partial charge in [0.25, 0.3) is 0 Å². The first kappa shape index (κ1) is 14.8. The third kappa shape index (κ3) is 2.54. The molecule has 0 radical (unpaired) electrons. The molecule has 1 saturated carbocycles. The summed E-state index contributed by atoms with van der Waals surface area (Å²) in [5, 5.41) is 3.65. The highest BCUT2D eigenvalue weighted by Gasteiger charge is 2.52. The molecule has 3 heteroatoms. The van der Waals surface area contributed by atoms with Gasteiger partial charge in [-0.2, -0.15) is 0 Å². The summed E-state index contributed by atoms with van der Waals surface area (Å²) in [7, 11) is 0. The molecule has 1 amide bonds. The third-order valence-electron chi connectivity index (χ3n) is 5.47. The zero-order valence-electron chi connectivity index (χ0n) is 13.3. The summed E-state index contributed by atoms with van der Waals surface area (Å²) < 4.78 is 0. The van der Waals surface area contributed by atoms with Gasteiger partial charge in [0.1, 0.15) is 0 Å². The molecule has 1 aliphatic heterocycles. The molecule has 19 heavy (non-hydrogen) atoms. The standard InChI is InChI=1S/C16H30N2O/c1-6-13-17-16(9-7-8-10-16)14(19)18(13)11-15(4,5)12(2)3/h12-13,17H,6-11H2,1-5H3. The van der Waals surface area contributed by atoms with Crippen molar-refractivity contribution in [3.05, 3.63) is 0 Å². The molecule has 1 unspecified atom stereocenters. The van der Waals surface area contributed by atoms with Crippen LogP contribution in [-0.4, -0.2) is 29.1 Å². The Morgan fingerprint density at radius 2 is 1.95 bits per heavy atom. The van der Waals surface area contributed by atoms with Crippen molar-refractivity contribution in [2.24, 2.45) is 11.3 Å². The number of amides is 1. The number of carbonyl (C=O) groups is 1. The summed E-state index contributed by atoms with van der Waals surface area (Å²) in [6.07, 6.45) is 5.68. The lowest BCUT2D eigenvalue weighted by molar-refractivity contribution is -0.134. The molecule has 2 fully saturated rings. The fraction of sp³-hybridized carbons (Fsp3) is 0.938. The van der Waals surface area contributed by atoms with Gasteiger partial charge in [-0.25, -0.2) is 0 Å². The summed E-state index contributed by atoms with van der Waals surface area (Å²) >= 11 is 0. The summed E-state index contributed by atoms with van der Waals surface area (Å²) in [6, 6.07) is 0. The van der Waals surface area contributed by atoms with Crippen LogP contribution >= 0.6 is 0 Å². The van der Waals surface area contributed by atoms with E-state index in [4.69, 9.17) is 0 Å². The molecule has 1 saturated heterocycles. The lowest BCUT2D eigenvalue weighted by Gasteiger charge is -2.36. The molecule has 0 aromatic heterocycles. The molecular weight excluding hydrogens is 236 g/mol. The zero-order valence-corrected chi connectivity index (χ0v) is 13.3. The van der Waals surface area contributed by atoms with Gasteiger partial charge in [-0.1, -0.05) is 47.5 Å². The first-order valence-electron chi connectivity index (χ1n) is 7.91. The molecule has 0 aromatic rings. The van der Waals surface area contributed by atoms with Crippen LogP contribution < -0.4 is 5.32 Å². The molecule has 2 rings (SSSR count). The monoisotopic (exact) mass is 266 g/mol. The highest BCUT2D eigenvalue weighted by molar-refractivity contribution is 5.89. The Bertz CT molecular complexity index is 343. The molecule has 110 valence electrons. The predicted molar refractivity (Wildman–Crippen MR) is 78.7 cm³/mol. The zero-order chi connectivity index (χ0) is 14.3. The number of hydrogen-bond acceptors (Lipinski definition) is 2. The van der Waals surface area contributed by atoms with Gasteiger partial charge in [-0.3, -0.25) is 10.1 Å². The minimum atomic E-state index is -0.215. The number of nitrogens with one attached hydrogen (secondary N) is 1. The first-order valence-corrected chi connectivity index (χ1v) is 7.91. The maximum atomic E-state index is 12.9. The molecule has 1 aliphatic carbocycles. The smallest absolute Gasteiger partial charge is 0.244 e. The van der Waals surface area contributed by atoms with Crippen molar-refractivity contribution >= 4 is 5.91 Å². The second-order valence-electron chi connectivity index (χ2n) is 7.43. The van der Waals surface area contributed by atoms with Crippen LogP contribution in [0.25, 0.3) is 0 Å². The lowest BCUT2D eigenvalue weighted by atomic mass is 9.80. The highest BCUT2D eigenvalue weighted by atomic mass is 16.2. The Balaban J connectivity index is 2.17. The first-order chi connectivity index (χ1) is 8.82. The molecule has 1 heterocycles. The maximum Gasteiger partial charge on any atom is 0.244 e. The van der Waals surface area contributed by atoms with Gasteiger partial charge < -0.3 is 4.90 Å². The van der Waals surface area contributed by atoms with Gasteiger partial charge in [-0.05, 0) is 30.6 Å². The van der Waals surface area contributed by atoms with E-state index in [1.54, 1.807) is 0 Å². The third-order valence-corrected chi connectivity index (χ3v) is 5.47. The molecule has 1 atom stereocenters. The van der Waals surface area contributed by atoms with E-state index in [0.717, 1.165) is 25.8 Å². The molecule has 0 bridgehead atoms. The topological polar surface area (TPSA) is 32.3 Å². The second-order valence-corrected chi connectivity index (χ2v) is 7.43. The second kappa shape index (κ2) is 5.08. The van der Waals surface area contributed by atoms with Crippen LogP contribution in [0.2, 0.25) is 0 Å². The van der Waals surface area contributed by atoms with Crippen molar-refractivity contribution in [2.75, 3.05) is 6.54 Å². The van der Waals surface area contributed by atoms with Crippen molar-refractivity contribution < 1.29 is 4.79 Å². The minimum absolute atomic E-state index is 0.175. The van der Waals surface area contributed by atoms with Gasteiger partial charge in [0.2, 0.25) is 5.91 Å². The molecular formula is C16H30N2O. The van der Waals surface area contributed by atoms with Crippen molar-refractivity contribution in [1.82, 2.24) is 10.2 Å². The Kier molecular flexibility index (Phi) is 3.97. The summed E-state index contributed by atoms with van der Waals surface area (Å²) in [5.74, 6) is 0.948. The van der Waals surface area contributed by atoms with Crippen molar-refractivity contribution in [2.45, 2.75) is 78.4 Å². The van der Waals surface area contributed by atoms with Gasteiger partial charge in [0, 0.05) is 6.54 Å². The van der Waals surface area contributed by atoms with E-state index >= 15 is 0 Å². The summed E-state index contributed by atoms with van der Waals surface area (Å²) in [5.41, 5.74) is -0.0391. The van der Waals surface area contributed by atoms with Crippen molar-refractivity contribution in [3.63, 3.8) is 0 Å². The number of carbonyl (C=O) groups excluding carboxylic acids is 1. The van der Waals surface area contributed by atoms with Crippen LogP contribution in [-0.2, 0) is 4.79 Å². The minimum Gasteiger partial charge on any atom is -0.325 e. The van der Waals surface area contributed by atoms with Crippen LogP contribution in [0.15, 0.2) is 0 Å². The Morgan fingerprint density at radius 3 is 2.42 bits per heavy atom. The molecule has 3 nitrogen and oxygen atoms in total. The molecule has 0 aromatic carbocycles. The summed E-state index contributed by atoms with van der Waals surface area (Å²) in [4.78, 5) is 15.0. The summed E-state index contributed by atoms with van der Waals surface area (Å²) in [6.45, 7) is 12.1. The van der Waals surface area contributed by atoms with Crippen molar-refractivity contribution in [3.8, 4) is 0 Å². The van der Waals surface area contributed by atoms with Gasteiger partial charge in [0.15, 0.2) is 0 Å². The Morgan fingerprint density at radius 1 is 1.37 bits per heavy atom. The van der Waals surface area contributed by atoms with E-state index in [2.05, 4.69) is 44.8 Å². The largest absolute Gasteiger partial charge is 0.325 e. The van der Waals surface area contributed by atoms with Crippen LogP contribution in [0, 0.1) is 11.3 Å². The number of hydrogen-bond donors (Lipinski definition) is 1. The van der Waals surface area contributed by atoms with Crippen LogP contribution in [0.4, 0.5) is 0 Å². The van der Waals surface area contributed by atoms with Gasteiger partial charge in [0.05, 0.1) is 11.7 Å². The fourth-order valence-corrected chi connectivity index (χ4v) is 3.34. The normalized spacial score (nSPS) is 26.9. The average molecular weight is 266 g/mol. The fourth-order valence-electron chi connectivity index (χ4n) is 3.34. The number of nitrogens with zero attached hydrogens (tertiary/aromatic N) is 1. The van der Waals surface area contributed by atoms with Crippen LogP contribution in [0.5, 0.6) is 0 Å². The average Bonchev–Trinajstić information content (AvgIpc) is 2.90. The molecule has 1 N–H and O–H groups in total. The quantitative estimate of drug-likeness (QED) is 0.848. The Labute approximate surface area is 118 Å². The van der Waals surface area contributed by atoms with E-state index in [0.29, 0.717) is 11.8 Å². The maximum absolute atomic E-state index is 12.9. The lowest BCUT2D eigenvalue weighted by Crippen LogP contribution is -2.45. The van der Waals surface area contributed by atoms with Crippen molar-refractivity contribution in [1.29, 1.82) is 0 Å². The molecule has 2 aliphatic rings. The predicted octanol–water partition coefficient (Wildman–Crippen LogP) is 3.15. The van der Waals surface area contributed by atoms with E-state index in [-0.39, 0.29) is 17.1 Å².